The highest BCUT2D eigenvalue weighted by Gasteiger charge is 1.99. The molecule has 10 nitrogen and oxygen atoms in total. The van der Waals surface area contributed by atoms with Crippen molar-refractivity contribution in [3.63, 3.8) is 0 Å². The van der Waals surface area contributed by atoms with E-state index in [-0.39, 0.29) is 0 Å². The van der Waals surface area contributed by atoms with Gasteiger partial charge in [-0.3, -0.25) is 4.72 Å². The summed E-state index contributed by atoms with van der Waals surface area (Å²) in [6, 6.07) is 0. The highest BCUT2D eigenvalue weighted by Crippen LogP contribution is 2.01. The molecular formula is C10H15ClN6O4S2. The molecule has 2 aromatic rings. The van der Waals surface area contributed by atoms with Gasteiger partial charge in [-0.2, -0.15) is 0 Å². The van der Waals surface area contributed by atoms with Crippen LogP contribution in [-0.4, -0.2) is 49.3 Å². The minimum Gasteiger partial charge on any atom is -0.396 e. The zero-order chi connectivity index (χ0) is 17.9. The molecule has 0 saturated heterocycles. The summed E-state index contributed by atoms with van der Waals surface area (Å²) in [6.07, 6.45) is 10.6. The Bertz CT molecular complexity index is 764. The number of hydrogen-bond acceptors (Lipinski definition) is 9. The van der Waals surface area contributed by atoms with E-state index in [1.54, 1.807) is 12.4 Å². The fourth-order valence-corrected chi connectivity index (χ4v) is 1.41. The van der Waals surface area contributed by atoms with E-state index in [4.69, 9.17) is 5.73 Å². The quantitative estimate of drug-likeness (QED) is 0.686. The van der Waals surface area contributed by atoms with Gasteiger partial charge in [-0.1, -0.05) is 0 Å². The summed E-state index contributed by atoms with van der Waals surface area (Å²) in [5.74, 6) is 0. The Labute approximate surface area is 138 Å². The van der Waals surface area contributed by atoms with Crippen molar-refractivity contribution in [3.05, 3.63) is 37.4 Å². The van der Waals surface area contributed by atoms with E-state index < -0.39 is 19.1 Å². The third-order valence-corrected chi connectivity index (χ3v) is 2.05. The number of aromatic nitrogens is 4. The number of rotatable bonds is 2. The molecule has 2 aromatic heterocycles. The molecule has 0 amide bonds. The Morgan fingerprint density at radius 3 is 1.52 bits per heavy atom. The van der Waals surface area contributed by atoms with Gasteiger partial charge in [0.1, 0.15) is 12.7 Å². The number of hydrogen-bond donors (Lipinski definition) is 2. The number of anilines is 2. The fraction of sp³-hybridized carbons (Fsp3) is 0.200. The molecule has 0 saturated carbocycles. The van der Waals surface area contributed by atoms with E-state index >= 15 is 0 Å². The maximum Gasteiger partial charge on any atom is 0.229 e. The maximum absolute atomic E-state index is 10.6. The number of nitrogens with one attached hydrogen (secondary N) is 1. The average Bonchev–Trinajstić information content (AvgIpc) is 2.37. The third kappa shape index (κ3) is 17.9. The molecule has 128 valence electrons. The van der Waals surface area contributed by atoms with Crippen molar-refractivity contribution < 1.29 is 16.8 Å². The van der Waals surface area contributed by atoms with Crippen LogP contribution >= 0.6 is 10.7 Å². The third-order valence-electron chi connectivity index (χ3n) is 1.44. The Kier molecular flexibility index (Phi) is 8.98. The lowest BCUT2D eigenvalue weighted by atomic mass is 10.6. The van der Waals surface area contributed by atoms with Crippen molar-refractivity contribution >= 4 is 41.1 Å². The smallest absolute Gasteiger partial charge is 0.229 e. The number of nitrogens with two attached hydrogens (primary N) is 1. The lowest BCUT2D eigenvalue weighted by Crippen LogP contribution is -2.09. The SMILES string of the molecule is CS(=O)(=O)Cl.CS(=O)(=O)Nc1cncnc1.Nc1cncnc1. The van der Waals surface area contributed by atoms with Crippen LogP contribution in [0.15, 0.2) is 37.4 Å². The molecule has 0 aliphatic rings. The molecule has 0 fully saturated rings. The summed E-state index contributed by atoms with van der Waals surface area (Å²) >= 11 is 0. The first-order valence-electron chi connectivity index (χ1n) is 5.60. The molecule has 2 heterocycles. The van der Waals surface area contributed by atoms with Gasteiger partial charge < -0.3 is 5.73 Å². The maximum atomic E-state index is 10.6. The van der Waals surface area contributed by atoms with Crippen LogP contribution in [0.2, 0.25) is 0 Å². The number of sulfonamides is 1. The van der Waals surface area contributed by atoms with E-state index in [9.17, 15) is 16.8 Å². The summed E-state index contributed by atoms with van der Waals surface area (Å²) in [6.45, 7) is 0. The van der Waals surface area contributed by atoms with Crippen molar-refractivity contribution in [1.82, 2.24) is 19.9 Å². The summed E-state index contributed by atoms with van der Waals surface area (Å²) in [5.41, 5.74) is 6.20. The number of nitrogen functional groups attached to an aromatic ring is 1. The summed E-state index contributed by atoms with van der Waals surface area (Å²) < 4.78 is 42.3. The second-order valence-electron chi connectivity index (χ2n) is 3.85. The monoisotopic (exact) mass is 382 g/mol. The molecule has 2 rings (SSSR count). The largest absolute Gasteiger partial charge is 0.396 e. The van der Waals surface area contributed by atoms with E-state index in [0.717, 1.165) is 12.5 Å². The Hall–Kier alpha value is -2.05. The first kappa shape index (κ1) is 20.9. The van der Waals surface area contributed by atoms with Crippen LogP contribution in [-0.2, 0) is 19.1 Å². The molecule has 0 aromatic carbocycles. The van der Waals surface area contributed by atoms with E-state index in [2.05, 4.69) is 35.3 Å². The van der Waals surface area contributed by atoms with Crippen LogP contribution in [0, 0.1) is 0 Å². The summed E-state index contributed by atoms with van der Waals surface area (Å²) in [4.78, 5) is 14.6. The van der Waals surface area contributed by atoms with Crippen molar-refractivity contribution in [1.29, 1.82) is 0 Å². The Morgan fingerprint density at radius 2 is 1.26 bits per heavy atom. The molecule has 0 unspecified atom stereocenters. The fourth-order valence-electron chi connectivity index (χ4n) is 0.876. The minimum atomic E-state index is -3.21. The van der Waals surface area contributed by atoms with Gasteiger partial charge in [0.05, 0.1) is 48.7 Å². The summed E-state index contributed by atoms with van der Waals surface area (Å²) in [7, 11) is -1.90. The van der Waals surface area contributed by atoms with Crippen LogP contribution < -0.4 is 10.5 Å². The van der Waals surface area contributed by atoms with Gasteiger partial charge in [0.2, 0.25) is 19.1 Å². The molecule has 0 radical (unpaired) electrons. The molecule has 23 heavy (non-hydrogen) atoms. The van der Waals surface area contributed by atoms with Crippen molar-refractivity contribution in [2.75, 3.05) is 23.0 Å². The van der Waals surface area contributed by atoms with Gasteiger partial charge in [0.25, 0.3) is 0 Å². The van der Waals surface area contributed by atoms with Gasteiger partial charge in [0, 0.05) is 10.7 Å². The predicted octanol–water partition coefficient (Wildman–Crippen LogP) is 0.0917. The van der Waals surface area contributed by atoms with Crippen LogP contribution in [0.3, 0.4) is 0 Å². The van der Waals surface area contributed by atoms with Crippen molar-refractivity contribution in [3.8, 4) is 0 Å². The highest BCUT2D eigenvalue weighted by molar-refractivity contribution is 8.13. The second-order valence-corrected chi connectivity index (χ2v) is 8.65. The molecule has 0 aliphatic heterocycles. The molecule has 0 bridgehead atoms. The molecule has 3 N–H and O–H groups in total. The van der Waals surface area contributed by atoms with Crippen molar-refractivity contribution in [2.45, 2.75) is 0 Å². The first-order valence-corrected chi connectivity index (χ1v) is 10.2. The van der Waals surface area contributed by atoms with Gasteiger partial charge in [-0.25, -0.2) is 36.8 Å². The topological polar surface area (TPSA) is 158 Å². The minimum absolute atomic E-state index is 0.370. The second kappa shape index (κ2) is 9.86. The van der Waals surface area contributed by atoms with E-state index in [0.29, 0.717) is 11.4 Å². The zero-order valence-corrected chi connectivity index (χ0v) is 14.5. The van der Waals surface area contributed by atoms with E-state index in [1.165, 1.54) is 25.0 Å². The lowest BCUT2D eigenvalue weighted by Gasteiger charge is -1.99. The Balaban J connectivity index is 0.000000347. The molecule has 0 aliphatic carbocycles. The van der Waals surface area contributed by atoms with Gasteiger partial charge in [-0.05, 0) is 0 Å². The standard InChI is InChI=1S/C5H7N3O2S.C4H5N3.CH3ClO2S/c1-11(9,10)8-5-2-6-4-7-3-5;5-4-1-6-3-7-2-4;1-5(2,3)4/h2-4,8H,1H3;1-3H,5H2;1H3. The van der Waals surface area contributed by atoms with Gasteiger partial charge in [0.15, 0.2) is 0 Å². The number of nitrogens with zero attached hydrogens (tertiary/aromatic N) is 4. The summed E-state index contributed by atoms with van der Waals surface area (Å²) in [5, 5.41) is 0. The van der Waals surface area contributed by atoms with Gasteiger partial charge >= 0.3 is 0 Å². The van der Waals surface area contributed by atoms with Crippen LogP contribution in [0.4, 0.5) is 11.4 Å². The zero-order valence-electron chi connectivity index (χ0n) is 12.2. The predicted molar refractivity (Wildman–Crippen MR) is 87.6 cm³/mol. The lowest BCUT2D eigenvalue weighted by molar-refractivity contribution is 0.606. The van der Waals surface area contributed by atoms with Crippen LogP contribution in [0.1, 0.15) is 0 Å². The molecule has 13 heteroatoms. The molecule has 0 spiro atoms. The normalized spacial score (nSPS) is 10.4. The van der Waals surface area contributed by atoms with E-state index in [1.807, 2.05) is 0 Å². The van der Waals surface area contributed by atoms with Gasteiger partial charge in [-0.15, -0.1) is 0 Å². The average molecular weight is 383 g/mol. The first-order chi connectivity index (χ1) is 10.5. The van der Waals surface area contributed by atoms with Crippen LogP contribution in [0.25, 0.3) is 0 Å². The van der Waals surface area contributed by atoms with Crippen molar-refractivity contribution in [2.24, 2.45) is 0 Å². The van der Waals surface area contributed by atoms with Crippen LogP contribution in [0.5, 0.6) is 0 Å². The Morgan fingerprint density at radius 1 is 0.913 bits per heavy atom. The number of halogens is 1. The molecule has 0 atom stereocenters. The highest BCUT2D eigenvalue weighted by atomic mass is 35.7. The molecular weight excluding hydrogens is 368 g/mol.